The molecule has 7 aromatic carbocycles. The van der Waals surface area contributed by atoms with E-state index in [1.54, 1.807) is 0 Å². The third-order valence-corrected chi connectivity index (χ3v) is 11.3. The van der Waals surface area contributed by atoms with Crippen molar-refractivity contribution < 1.29 is 8.83 Å². The molecule has 0 aliphatic carbocycles. The zero-order valence-electron chi connectivity index (χ0n) is 30.6. The second-order valence-electron chi connectivity index (χ2n) is 14.6. The fourth-order valence-corrected chi connectivity index (χ4v) is 8.60. The molecule has 0 N–H and O–H groups in total. The topological polar surface area (TPSA) is 57.0 Å². The first-order valence-corrected chi connectivity index (χ1v) is 19.1. The summed E-state index contributed by atoms with van der Waals surface area (Å²) in [4.78, 5) is 9.67. The number of fused-ring (bicyclic) bond motifs is 9. The number of aromatic nitrogens is 3. The molecule has 0 amide bonds. The quantitative estimate of drug-likeness (QED) is 0.177. The Kier molecular flexibility index (Phi) is 6.86. The first kappa shape index (κ1) is 31.6. The molecular formula is C52H31N3O2. The lowest BCUT2D eigenvalue weighted by atomic mass is 10.0. The van der Waals surface area contributed by atoms with Gasteiger partial charge in [0.05, 0.1) is 11.0 Å². The molecule has 0 unspecified atom stereocenters. The van der Waals surface area contributed by atoms with E-state index < -0.39 is 0 Å². The van der Waals surface area contributed by atoms with E-state index in [1.165, 1.54) is 10.8 Å². The molecule has 5 aromatic heterocycles. The lowest BCUT2D eigenvalue weighted by Crippen LogP contribution is -1.94. The van der Waals surface area contributed by atoms with Crippen molar-refractivity contribution >= 4 is 65.9 Å². The van der Waals surface area contributed by atoms with E-state index in [0.29, 0.717) is 0 Å². The summed E-state index contributed by atoms with van der Waals surface area (Å²) in [5.74, 6) is 0. The van der Waals surface area contributed by atoms with Gasteiger partial charge in [0.15, 0.2) is 11.2 Å². The summed E-state index contributed by atoms with van der Waals surface area (Å²) in [6, 6.07) is 61.7. The van der Waals surface area contributed by atoms with Gasteiger partial charge in [-0.1, -0.05) is 115 Å². The van der Waals surface area contributed by atoms with E-state index in [4.69, 9.17) is 18.8 Å². The third kappa shape index (κ3) is 4.96. The Balaban J connectivity index is 1.03. The summed E-state index contributed by atoms with van der Waals surface area (Å²) < 4.78 is 15.5. The maximum absolute atomic E-state index is 6.58. The molecule has 0 saturated carbocycles. The van der Waals surface area contributed by atoms with Gasteiger partial charge in [-0.15, -0.1) is 0 Å². The lowest BCUT2D eigenvalue weighted by Gasteiger charge is -2.10. The number of furan rings is 2. The van der Waals surface area contributed by atoms with Crippen LogP contribution < -0.4 is 0 Å². The summed E-state index contributed by atoms with van der Waals surface area (Å²) in [6.45, 7) is 0. The zero-order valence-corrected chi connectivity index (χ0v) is 30.6. The number of pyridine rings is 2. The van der Waals surface area contributed by atoms with Crippen molar-refractivity contribution in [1.82, 2.24) is 14.5 Å². The third-order valence-electron chi connectivity index (χ3n) is 11.3. The van der Waals surface area contributed by atoms with E-state index in [9.17, 15) is 0 Å². The van der Waals surface area contributed by atoms with Gasteiger partial charge in [0.2, 0.25) is 0 Å². The van der Waals surface area contributed by atoms with Crippen LogP contribution >= 0.6 is 0 Å². The average molecular weight is 730 g/mol. The summed E-state index contributed by atoms with van der Waals surface area (Å²) in [5, 5.41) is 4.35. The summed E-state index contributed by atoms with van der Waals surface area (Å²) in [6.07, 6.45) is 3.78. The van der Waals surface area contributed by atoms with Gasteiger partial charge in [0.1, 0.15) is 22.2 Å². The molecule has 0 aliphatic rings. The Hall–Kier alpha value is -7.76. The average Bonchev–Trinajstić information content (AvgIpc) is 3.95. The summed E-state index contributed by atoms with van der Waals surface area (Å²) in [7, 11) is 0. The molecule has 12 aromatic rings. The van der Waals surface area contributed by atoms with Gasteiger partial charge in [0.25, 0.3) is 0 Å². The van der Waals surface area contributed by atoms with E-state index in [-0.39, 0.29) is 0 Å². The van der Waals surface area contributed by atoms with Crippen LogP contribution in [0, 0.1) is 0 Å². The Labute approximate surface area is 326 Å². The van der Waals surface area contributed by atoms with Gasteiger partial charge in [-0.05, 0) is 94.0 Å². The lowest BCUT2D eigenvalue weighted by molar-refractivity contribution is 0.669. The largest absolute Gasteiger partial charge is 0.454 e. The van der Waals surface area contributed by atoms with Crippen LogP contribution in [0.4, 0.5) is 0 Å². The van der Waals surface area contributed by atoms with Crippen LogP contribution in [0.5, 0.6) is 0 Å². The van der Waals surface area contributed by atoms with Gasteiger partial charge >= 0.3 is 0 Å². The van der Waals surface area contributed by atoms with Crippen LogP contribution in [0.25, 0.3) is 116 Å². The molecule has 5 heterocycles. The second-order valence-corrected chi connectivity index (χ2v) is 14.6. The maximum atomic E-state index is 6.58. The molecule has 5 heteroatoms. The molecule has 0 fully saturated rings. The molecule has 57 heavy (non-hydrogen) atoms. The van der Waals surface area contributed by atoms with Crippen LogP contribution in [0.15, 0.2) is 197 Å². The smallest absolute Gasteiger partial charge is 0.161 e. The number of hydrogen-bond acceptors (Lipinski definition) is 4. The molecule has 0 bridgehead atoms. The summed E-state index contributed by atoms with van der Waals surface area (Å²) in [5.41, 5.74) is 17.0. The molecule has 0 saturated heterocycles. The van der Waals surface area contributed by atoms with E-state index in [1.807, 2.05) is 24.5 Å². The van der Waals surface area contributed by atoms with Gasteiger partial charge < -0.3 is 13.4 Å². The maximum Gasteiger partial charge on any atom is 0.161 e. The Morgan fingerprint density at radius 2 is 0.789 bits per heavy atom. The number of benzene rings is 7. The number of rotatable bonds is 5. The second kappa shape index (κ2) is 12.4. The van der Waals surface area contributed by atoms with Crippen molar-refractivity contribution in [3.8, 4) is 50.2 Å². The van der Waals surface area contributed by atoms with Crippen molar-refractivity contribution in [2.75, 3.05) is 0 Å². The minimum atomic E-state index is 0.783. The van der Waals surface area contributed by atoms with Crippen LogP contribution in [-0.2, 0) is 0 Å². The normalized spacial score (nSPS) is 11.9. The SMILES string of the molecule is c1ccc(-c2ccc3oc4c(-c5ccc6c7ccc(-c8ccnc9c8oc8ccc(-c%10ccccc%10)cc89)cc7n(-c7ccccc7)c6c5)ccnc4c3c2)cc1. The Morgan fingerprint density at radius 3 is 1.26 bits per heavy atom. The predicted molar refractivity (Wildman–Crippen MR) is 233 cm³/mol. The highest BCUT2D eigenvalue weighted by Gasteiger charge is 2.20. The standard InChI is InChI=1S/C52H31N3O2/c1-4-10-32(11-5-1)34-18-22-47-43(28-34)49-51(56-47)39(24-26-53-49)36-16-20-41-42-21-17-37(31-46(42)55(45(41)30-36)38-14-8-3-9-15-38)40-25-27-54-50-44-29-35(33-12-6-2-7-13-33)19-23-48(44)57-52(40)50/h1-31H. The van der Waals surface area contributed by atoms with Crippen LogP contribution in [0.2, 0.25) is 0 Å². The Bertz CT molecular complexity index is 3290. The highest BCUT2D eigenvalue weighted by atomic mass is 16.3. The first-order valence-electron chi connectivity index (χ1n) is 19.1. The summed E-state index contributed by atoms with van der Waals surface area (Å²) >= 11 is 0. The molecular weight excluding hydrogens is 699 g/mol. The van der Waals surface area contributed by atoms with Crippen LogP contribution in [-0.4, -0.2) is 14.5 Å². The molecule has 12 rings (SSSR count). The van der Waals surface area contributed by atoms with Gasteiger partial charge in [-0.3, -0.25) is 9.97 Å². The number of nitrogens with zero attached hydrogens (tertiary/aromatic N) is 3. The van der Waals surface area contributed by atoms with Crippen molar-refractivity contribution in [2.45, 2.75) is 0 Å². The predicted octanol–water partition coefficient (Wildman–Crippen LogP) is 14.0. The highest BCUT2D eigenvalue weighted by Crippen LogP contribution is 2.42. The number of para-hydroxylation sites is 1. The number of hydrogen-bond donors (Lipinski definition) is 0. The highest BCUT2D eigenvalue weighted by molar-refractivity contribution is 6.14. The molecule has 0 atom stereocenters. The van der Waals surface area contributed by atoms with Crippen molar-refractivity contribution in [3.63, 3.8) is 0 Å². The first-order chi connectivity index (χ1) is 28.2. The molecule has 0 aliphatic heterocycles. The fraction of sp³-hybridized carbons (Fsp3) is 0. The van der Waals surface area contributed by atoms with Crippen LogP contribution in [0.3, 0.4) is 0 Å². The van der Waals surface area contributed by atoms with E-state index in [0.717, 1.165) is 105 Å². The van der Waals surface area contributed by atoms with Gasteiger partial charge in [0, 0.05) is 50.8 Å². The zero-order chi connectivity index (χ0) is 37.5. The van der Waals surface area contributed by atoms with Crippen LogP contribution in [0.1, 0.15) is 0 Å². The molecule has 0 radical (unpaired) electrons. The van der Waals surface area contributed by atoms with Gasteiger partial charge in [-0.25, -0.2) is 0 Å². The van der Waals surface area contributed by atoms with E-state index in [2.05, 4.69) is 168 Å². The van der Waals surface area contributed by atoms with Gasteiger partial charge in [-0.2, -0.15) is 0 Å². The van der Waals surface area contributed by atoms with Crippen molar-refractivity contribution in [3.05, 3.63) is 188 Å². The van der Waals surface area contributed by atoms with E-state index >= 15 is 0 Å². The van der Waals surface area contributed by atoms with Crippen molar-refractivity contribution in [2.24, 2.45) is 0 Å². The minimum Gasteiger partial charge on any atom is -0.454 e. The monoisotopic (exact) mass is 729 g/mol. The Morgan fingerprint density at radius 1 is 0.351 bits per heavy atom. The van der Waals surface area contributed by atoms with Crippen molar-refractivity contribution in [1.29, 1.82) is 0 Å². The molecule has 5 nitrogen and oxygen atoms in total. The minimum absolute atomic E-state index is 0.783. The molecule has 266 valence electrons. The molecule has 0 spiro atoms. The fourth-order valence-electron chi connectivity index (χ4n) is 8.60.